The zero-order valence-electron chi connectivity index (χ0n) is 11.5. The van der Waals surface area contributed by atoms with Crippen molar-refractivity contribution < 1.29 is 9.84 Å². The van der Waals surface area contributed by atoms with Crippen molar-refractivity contribution in [3.63, 3.8) is 0 Å². The van der Waals surface area contributed by atoms with Gasteiger partial charge in [-0.05, 0) is 25.8 Å². The molecule has 0 amide bonds. The van der Waals surface area contributed by atoms with E-state index in [1.54, 1.807) is 0 Å². The summed E-state index contributed by atoms with van der Waals surface area (Å²) in [4.78, 5) is 0. The van der Waals surface area contributed by atoms with Gasteiger partial charge in [-0.2, -0.15) is 0 Å². The first-order chi connectivity index (χ1) is 8.64. The first-order valence-corrected chi connectivity index (χ1v) is 7.10. The Hall–Kier alpha value is -1.02. The molecular weight excluding hydrogens is 224 g/mol. The summed E-state index contributed by atoms with van der Waals surface area (Å²) in [6, 6.07) is 7.84. The summed E-state index contributed by atoms with van der Waals surface area (Å²) in [5, 5.41) is 10.2. The number of fused-ring (bicyclic) bond motifs is 1. The molecule has 2 unspecified atom stereocenters. The SMILES string of the molecule is CCCCCCC1(C)CC(O)c2ccccc2O1. The Labute approximate surface area is 110 Å². The van der Waals surface area contributed by atoms with Gasteiger partial charge in [-0.15, -0.1) is 0 Å². The molecule has 1 aromatic carbocycles. The molecule has 2 rings (SSSR count). The van der Waals surface area contributed by atoms with Gasteiger partial charge in [0.15, 0.2) is 0 Å². The van der Waals surface area contributed by atoms with E-state index in [-0.39, 0.29) is 11.7 Å². The van der Waals surface area contributed by atoms with Crippen LogP contribution < -0.4 is 4.74 Å². The predicted octanol–water partition coefficient (Wildman–Crippen LogP) is 4.23. The molecule has 0 aliphatic carbocycles. The van der Waals surface area contributed by atoms with E-state index in [9.17, 15) is 5.11 Å². The first-order valence-electron chi connectivity index (χ1n) is 7.10. The lowest BCUT2D eigenvalue weighted by Gasteiger charge is -2.38. The number of hydrogen-bond acceptors (Lipinski definition) is 2. The second-order valence-corrected chi connectivity index (χ2v) is 5.62. The fraction of sp³-hybridized carbons (Fsp3) is 0.625. The van der Waals surface area contributed by atoms with E-state index >= 15 is 0 Å². The van der Waals surface area contributed by atoms with Gasteiger partial charge >= 0.3 is 0 Å². The first kappa shape index (κ1) is 13.4. The predicted molar refractivity (Wildman–Crippen MR) is 73.8 cm³/mol. The standard InChI is InChI=1S/C16H24O2/c1-3-4-5-8-11-16(2)12-14(17)13-9-6-7-10-15(13)18-16/h6-7,9-10,14,17H,3-5,8,11-12H2,1-2H3. The minimum absolute atomic E-state index is 0.207. The van der Waals surface area contributed by atoms with Crippen LogP contribution in [0.2, 0.25) is 0 Å². The Bertz CT molecular complexity index is 388. The highest BCUT2D eigenvalue weighted by Gasteiger charge is 2.35. The fourth-order valence-corrected chi connectivity index (χ4v) is 2.75. The maximum absolute atomic E-state index is 10.2. The molecule has 18 heavy (non-hydrogen) atoms. The quantitative estimate of drug-likeness (QED) is 0.790. The maximum Gasteiger partial charge on any atom is 0.125 e. The minimum Gasteiger partial charge on any atom is -0.487 e. The lowest BCUT2D eigenvalue weighted by Crippen LogP contribution is -2.38. The van der Waals surface area contributed by atoms with Gasteiger partial charge in [-0.25, -0.2) is 0 Å². The molecule has 2 heteroatoms. The van der Waals surface area contributed by atoms with Gasteiger partial charge in [0, 0.05) is 12.0 Å². The van der Waals surface area contributed by atoms with E-state index in [1.807, 2.05) is 24.3 Å². The van der Waals surface area contributed by atoms with Crippen molar-refractivity contribution in [1.29, 1.82) is 0 Å². The van der Waals surface area contributed by atoms with Crippen LogP contribution in [0, 0.1) is 0 Å². The molecule has 0 spiro atoms. The average Bonchev–Trinajstić information content (AvgIpc) is 2.35. The number of aliphatic hydroxyl groups excluding tert-OH is 1. The van der Waals surface area contributed by atoms with E-state index in [1.165, 1.54) is 25.7 Å². The Kier molecular flexibility index (Phi) is 4.28. The molecule has 0 radical (unpaired) electrons. The molecule has 0 saturated heterocycles. The van der Waals surface area contributed by atoms with Crippen LogP contribution in [0.25, 0.3) is 0 Å². The zero-order chi connectivity index (χ0) is 13.0. The molecular formula is C16H24O2. The van der Waals surface area contributed by atoms with Crippen molar-refractivity contribution >= 4 is 0 Å². The zero-order valence-corrected chi connectivity index (χ0v) is 11.5. The van der Waals surface area contributed by atoms with E-state index < -0.39 is 0 Å². The molecule has 1 N–H and O–H groups in total. The minimum atomic E-state index is -0.383. The normalized spacial score (nSPS) is 26.5. The Morgan fingerprint density at radius 2 is 2.06 bits per heavy atom. The van der Waals surface area contributed by atoms with Gasteiger partial charge in [-0.1, -0.05) is 44.4 Å². The van der Waals surface area contributed by atoms with E-state index in [4.69, 9.17) is 4.74 Å². The molecule has 0 bridgehead atoms. The van der Waals surface area contributed by atoms with Crippen molar-refractivity contribution in [1.82, 2.24) is 0 Å². The monoisotopic (exact) mass is 248 g/mol. The van der Waals surface area contributed by atoms with Gasteiger partial charge in [0.1, 0.15) is 11.4 Å². The molecule has 1 heterocycles. The summed E-state index contributed by atoms with van der Waals surface area (Å²) < 4.78 is 6.11. The third-order valence-corrected chi connectivity index (χ3v) is 3.82. The van der Waals surface area contributed by atoms with Gasteiger partial charge in [0.25, 0.3) is 0 Å². The second-order valence-electron chi connectivity index (χ2n) is 5.62. The number of hydrogen-bond donors (Lipinski definition) is 1. The Morgan fingerprint density at radius 3 is 2.83 bits per heavy atom. The van der Waals surface area contributed by atoms with Gasteiger partial charge in [-0.3, -0.25) is 0 Å². The van der Waals surface area contributed by atoms with Crippen LogP contribution >= 0.6 is 0 Å². The number of benzene rings is 1. The summed E-state index contributed by atoms with van der Waals surface area (Å²) in [5.41, 5.74) is 0.727. The maximum atomic E-state index is 10.2. The highest BCUT2D eigenvalue weighted by Crippen LogP contribution is 2.41. The number of aliphatic hydroxyl groups is 1. The molecule has 1 aromatic rings. The summed E-state index contributed by atoms with van der Waals surface area (Å²) >= 11 is 0. The second kappa shape index (κ2) is 5.75. The third kappa shape index (κ3) is 3.05. The average molecular weight is 248 g/mol. The van der Waals surface area contributed by atoms with E-state index in [2.05, 4.69) is 13.8 Å². The van der Waals surface area contributed by atoms with Crippen LogP contribution in [0.15, 0.2) is 24.3 Å². The lowest BCUT2D eigenvalue weighted by atomic mass is 9.86. The van der Waals surface area contributed by atoms with Crippen molar-refractivity contribution in [3.8, 4) is 5.75 Å². The fourth-order valence-electron chi connectivity index (χ4n) is 2.75. The number of ether oxygens (including phenoxy) is 1. The molecule has 2 nitrogen and oxygen atoms in total. The summed E-state index contributed by atoms with van der Waals surface area (Å²) in [5.74, 6) is 0.856. The van der Waals surface area contributed by atoms with E-state index in [0.29, 0.717) is 6.42 Å². The number of rotatable bonds is 5. The molecule has 2 atom stereocenters. The summed E-state index contributed by atoms with van der Waals surface area (Å²) in [6.07, 6.45) is 6.32. The van der Waals surface area contributed by atoms with Gasteiger partial charge < -0.3 is 9.84 Å². The molecule has 1 aliphatic rings. The molecule has 0 aromatic heterocycles. The molecule has 1 aliphatic heterocycles. The van der Waals surface area contributed by atoms with Crippen LogP contribution in [0.5, 0.6) is 5.75 Å². The van der Waals surface area contributed by atoms with Crippen LogP contribution in [-0.2, 0) is 0 Å². The largest absolute Gasteiger partial charge is 0.487 e. The van der Waals surface area contributed by atoms with Crippen molar-refractivity contribution in [3.05, 3.63) is 29.8 Å². The number of unbranched alkanes of at least 4 members (excludes halogenated alkanes) is 3. The highest BCUT2D eigenvalue weighted by molar-refractivity contribution is 5.37. The Morgan fingerprint density at radius 1 is 1.28 bits per heavy atom. The van der Waals surface area contributed by atoms with Crippen LogP contribution in [0.3, 0.4) is 0 Å². The molecule has 100 valence electrons. The van der Waals surface area contributed by atoms with Crippen molar-refractivity contribution in [2.45, 2.75) is 64.1 Å². The molecule has 0 fully saturated rings. The molecule has 0 saturated carbocycles. The van der Waals surface area contributed by atoms with E-state index in [0.717, 1.165) is 17.7 Å². The summed E-state index contributed by atoms with van der Waals surface area (Å²) in [6.45, 7) is 4.34. The van der Waals surface area contributed by atoms with Gasteiger partial charge in [0.05, 0.1) is 6.10 Å². The van der Waals surface area contributed by atoms with Crippen molar-refractivity contribution in [2.24, 2.45) is 0 Å². The lowest BCUT2D eigenvalue weighted by molar-refractivity contribution is -0.00847. The topological polar surface area (TPSA) is 29.5 Å². The number of para-hydroxylation sites is 1. The van der Waals surface area contributed by atoms with Crippen LogP contribution in [0.4, 0.5) is 0 Å². The van der Waals surface area contributed by atoms with Crippen LogP contribution in [0.1, 0.15) is 64.0 Å². The Balaban J connectivity index is 2.00. The van der Waals surface area contributed by atoms with Crippen molar-refractivity contribution in [2.75, 3.05) is 0 Å². The third-order valence-electron chi connectivity index (χ3n) is 3.82. The smallest absolute Gasteiger partial charge is 0.125 e. The van der Waals surface area contributed by atoms with Gasteiger partial charge in [0.2, 0.25) is 0 Å². The van der Waals surface area contributed by atoms with Crippen LogP contribution in [-0.4, -0.2) is 10.7 Å². The highest BCUT2D eigenvalue weighted by atomic mass is 16.5. The summed E-state index contributed by atoms with van der Waals surface area (Å²) in [7, 11) is 0.